The summed E-state index contributed by atoms with van der Waals surface area (Å²) in [7, 11) is 0. The van der Waals surface area contributed by atoms with Gasteiger partial charge in [0.15, 0.2) is 0 Å². The third kappa shape index (κ3) is 2.14. The van der Waals surface area contributed by atoms with E-state index in [1.165, 1.54) is 31.5 Å². The molecule has 98 valence electrons. The van der Waals surface area contributed by atoms with E-state index in [-0.39, 0.29) is 17.7 Å². The molecule has 5 heteroatoms. The van der Waals surface area contributed by atoms with Crippen LogP contribution in [0.15, 0.2) is 30.5 Å². The molecule has 0 radical (unpaired) electrons. The van der Waals surface area contributed by atoms with Gasteiger partial charge in [0.05, 0.1) is 11.2 Å². The zero-order valence-corrected chi connectivity index (χ0v) is 11.0. The summed E-state index contributed by atoms with van der Waals surface area (Å²) in [5, 5.41) is 0.697. The Labute approximate surface area is 110 Å². The molecule has 0 aliphatic rings. The fourth-order valence-corrected chi connectivity index (χ4v) is 2.16. The minimum absolute atomic E-state index is 0.172. The maximum Gasteiger partial charge on any atom is 0.230 e. The van der Waals surface area contributed by atoms with E-state index >= 15 is 0 Å². The van der Waals surface area contributed by atoms with E-state index in [2.05, 4.69) is 0 Å². The summed E-state index contributed by atoms with van der Waals surface area (Å²) in [5.74, 6) is -0.924. The second-order valence-corrected chi connectivity index (χ2v) is 4.29. The van der Waals surface area contributed by atoms with E-state index in [0.717, 1.165) is 4.90 Å². The van der Waals surface area contributed by atoms with Gasteiger partial charge in [-0.05, 0) is 6.07 Å². The molecule has 1 aromatic carbocycles. The number of rotatable bonds is 1. The van der Waals surface area contributed by atoms with E-state index in [0.29, 0.717) is 16.6 Å². The number of amides is 2. The molecular formula is C14H14N2O3. The first kappa shape index (κ1) is 13.0. The predicted molar refractivity (Wildman–Crippen MR) is 72.1 cm³/mol. The smallest absolute Gasteiger partial charge is 0.230 e. The standard InChI is InChI=1S/C14H14N2O3/c1-9(17)15-8-14(16(10(2)18)11(3)19)12-6-4-5-7-13(12)15/h4-8H,1-3H3. The Morgan fingerprint density at radius 3 is 2.11 bits per heavy atom. The van der Waals surface area contributed by atoms with Crippen LogP contribution in [0.25, 0.3) is 10.9 Å². The molecular weight excluding hydrogens is 244 g/mol. The molecule has 0 saturated carbocycles. The van der Waals surface area contributed by atoms with E-state index in [1.807, 2.05) is 0 Å². The van der Waals surface area contributed by atoms with Crippen LogP contribution in [-0.2, 0) is 9.59 Å². The Morgan fingerprint density at radius 2 is 1.58 bits per heavy atom. The predicted octanol–water partition coefficient (Wildman–Crippen LogP) is 2.20. The van der Waals surface area contributed by atoms with Crippen LogP contribution in [-0.4, -0.2) is 22.3 Å². The highest BCUT2D eigenvalue weighted by Gasteiger charge is 2.22. The van der Waals surface area contributed by atoms with Crippen molar-refractivity contribution < 1.29 is 14.4 Å². The number of anilines is 1. The van der Waals surface area contributed by atoms with Crippen molar-refractivity contribution in [1.82, 2.24) is 4.57 Å². The maximum absolute atomic E-state index is 11.6. The van der Waals surface area contributed by atoms with Gasteiger partial charge >= 0.3 is 0 Å². The first-order chi connectivity index (χ1) is 8.93. The average molecular weight is 258 g/mol. The fraction of sp³-hybridized carbons (Fsp3) is 0.214. The van der Waals surface area contributed by atoms with Gasteiger partial charge in [0.2, 0.25) is 17.7 Å². The third-order valence-electron chi connectivity index (χ3n) is 2.90. The molecule has 0 fully saturated rings. The largest absolute Gasteiger partial charge is 0.285 e. The molecule has 0 aliphatic heterocycles. The van der Waals surface area contributed by atoms with Crippen molar-refractivity contribution in [2.45, 2.75) is 20.8 Å². The molecule has 0 aliphatic carbocycles. The van der Waals surface area contributed by atoms with Crippen LogP contribution in [0.3, 0.4) is 0 Å². The van der Waals surface area contributed by atoms with Crippen molar-refractivity contribution in [2.24, 2.45) is 0 Å². The van der Waals surface area contributed by atoms with Gasteiger partial charge in [-0.25, -0.2) is 4.90 Å². The minimum Gasteiger partial charge on any atom is -0.285 e. The van der Waals surface area contributed by atoms with Crippen molar-refractivity contribution in [2.75, 3.05) is 4.90 Å². The Bertz CT molecular complexity index is 671. The highest BCUT2D eigenvalue weighted by atomic mass is 16.2. The van der Waals surface area contributed by atoms with Crippen molar-refractivity contribution in [3.63, 3.8) is 0 Å². The van der Waals surface area contributed by atoms with E-state index < -0.39 is 0 Å². The number of nitrogens with zero attached hydrogens (tertiary/aromatic N) is 2. The van der Waals surface area contributed by atoms with Gasteiger partial charge in [0.1, 0.15) is 0 Å². The number of aromatic nitrogens is 1. The van der Waals surface area contributed by atoms with Gasteiger partial charge in [0.25, 0.3) is 0 Å². The van der Waals surface area contributed by atoms with Crippen molar-refractivity contribution in [3.8, 4) is 0 Å². The lowest BCUT2D eigenvalue weighted by Crippen LogP contribution is -2.32. The van der Waals surface area contributed by atoms with Gasteiger partial charge in [-0.15, -0.1) is 0 Å². The summed E-state index contributed by atoms with van der Waals surface area (Å²) in [6.45, 7) is 4.07. The number of carbonyl (C=O) groups excluding carboxylic acids is 3. The van der Waals surface area contributed by atoms with Crippen LogP contribution < -0.4 is 4.90 Å². The van der Waals surface area contributed by atoms with Gasteiger partial charge in [-0.2, -0.15) is 0 Å². The summed E-state index contributed by atoms with van der Waals surface area (Å²) in [6.07, 6.45) is 1.52. The molecule has 2 amide bonds. The Kier molecular flexibility index (Phi) is 3.21. The van der Waals surface area contributed by atoms with Crippen LogP contribution >= 0.6 is 0 Å². The normalized spacial score (nSPS) is 10.5. The number of imide groups is 1. The third-order valence-corrected chi connectivity index (χ3v) is 2.90. The minimum atomic E-state index is -0.376. The van der Waals surface area contributed by atoms with Crippen LogP contribution in [0.5, 0.6) is 0 Å². The number of hydrogen-bond donors (Lipinski definition) is 0. The first-order valence-electron chi connectivity index (χ1n) is 5.85. The monoisotopic (exact) mass is 258 g/mol. The van der Waals surface area contributed by atoms with Crippen molar-refractivity contribution in [3.05, 3.63) is 30.5 Å². The summed E-state index contributed by atoms with van der Waals surface area (Å²) >= 11 is 0. The Morgan fingerprint density at radius 1 is 1.00 bits per heavy atom. The second kappa shape index (κ2) is 4.68. The Balaban J connectivity index is 2.77. The lowest BCUT2D eigenvalue weighted by Gasteiger charge is -2.15. The highest BCUT2D eigenvalue weighted by molar-refractivity contribution is 6.18. The van der Waals surface area contributed by atoms with Gasteiger partial charge in [-0.1, -0.05) is 18.2 Å². The van der Waals surface area contributed by atoms with Crippen LogP contribution in [0, 0.1) is 0 Å². The van der Waals surface area contributed by atoms with Crippen molar-refractivity contribution in [1.29, 1.82) is 0 Å². The van der Waals surface area contributed by atoms with E-state index in [9.17, 15) is 14.4 Å². The highest BCUT2D eigenvalue weighted by Crippen LogP contribution is 2.29. The Hall–Kier alpha value is -2.43. The number of benzene rings is 1. The molecule has 0 saturated heterocycles. The van der Waals surface area contributed by atoms with Gasteiger partial charge in [0, 0.05) is 32.4 Å². The lowest BCUT2D eigenvalue weighted by atomic mass is 10.2. The molecule has 2 aromatic rings. The zero-order valence-electron chi connectivity index (χ0n) is 11.0. The molecule has 2 rings (SSSR count). The fourth-order valence-electron chi connectivity index (χ4n) is 2.16. The molecule has 0 bridgehead atoms. The molecule has 0 unspecified atom stereocenters. The van der Waals surface area contributed by atoms with Crippen LogP contribution in [0.1, 0.15) is 25.6 Å². The number of para-hydroxylation sites is 1. The molecule has 1 aromatic heterocycles. The summed E-state index contributed by atoms with van der Waals surface area (Å²) in [6, 6.07) is 7.16. The molecule has 5 nitrogen and oxygen atoms in total. The lowest BCUT2D eigenvalue weighted by molar-refractivity contribution is -0.124. The van der Waals surface area contributed by atoms with E-state index in [1.54, 1.807) is 24.3 Å². The summed E-state index contributed by atoms with van der Waals surface area (Å²) in [5.41, 5.74) is 1.11. The summed E-state index contributed by atoms with van der Waals surface area (Å²) < 4.78 is 1.43. The van der Waals surface area contributed by atoms with Gasteiger partial charge in [-0.3, -0.25) is 19.0 Å². The maximum atomic E-state index is 11.6. The topological polar surface area (TPSA) is 59.4 Å². The molecule has 0 atom stereocenters. The summed E-state index contributed by atoms with van der Waals surface area (Å²) in [4.78, 5) is 35.9. The van der Waals surface area contributed by atoms with Crippen LogP contribution in [0.2, 0.25) is 0 Å². The number of carbonyl (C=O) groups is 3. The number of hydrogen-bond acceptors (Lipinski definition) is 3. The molecule has 0 spiro atoms. The molecule has 0 N–H and O–H groups in total. The SMILES string of the molecule is CC(=O)N(C(C)=O)c1cn(C(C)=O)c2ccccc12. The molecule has 19 heavy (non-hydrogen) atoms. The average Bonchev–Trinajstić information content (AvgIpc) is 2.68. The van der Waals surface area contributed by atoms with Crippen LogP contribution in [0.4, 0.5) is 5.69 Å². The van der Waals surface area contributed by atoms with Gasteiger partial charge < -0.3 is 0 Å². The van der Waals surface area contributed by atoms with E-state index in [4.69, 9.17) is 0 Å². The number of fused-ring (bicyclic) bond motifs is 1. The second-order valence-electron chi connectivity index (χ2n) is 4.29. The first-order valence-corrected chi connectivity index (χ1v) is 5.85. The molecule has 1 heterocycles. The van der Waals surface area contributed by atoms with Crippen molar-refractivity contribution >= 4 is 34.3 Å². The quantitative estimate of drug-likeness (QED) is 0.787. The zero-order chi connectivity index (χ0) is 14.2.